The highest BCUT2D eigenvalue weighted by Gasteiger charge is 2.29. The molecular weight excluding hydrogens is 229 g/mol. The molecule has 0 saturated carbocycles. The van der Waals surface area contributed by atoms with Gasteiger partial charge in [-0.25, -0.2) is 9.78 Å². The summed E-state index contributed by atoms with van der Waals surface area (Å²) in [5.74, 6) is -2.07. The van der Waals surface area contributed by atoms with Crippen molar-refractivity contribution in [1.82, 2.24) is 4.98 Å². The van der Waals surface area contributed by atoms with Crippen LogP contribution in [-0.4, -0.2) is 28.8 Å². The van der Waals surface area contributed by atoms with Crippen LogP contribution < -0.4 is 10.5 Å². The van der Waals surface area contributed by atoms with Crippen molar-refractivity contribution >= 4 is 11.7 Å². The molecule has 0 radical (unpaired) electrons. The number of aromatic nitrogens is 1. The first-order valence-electron chi connectivity index (χ1n) is 3.98. The van der Waals surface area contributed by atoms with Crippen molar-refractivity contribution in [3.05, 3.63) is 17.8 Å². The molecule has 0 amide bonds. The van der Waals surface area contributed by atoms with E-state index >= 15 is 0 Å². The minimum absolute atomic E-state index is 0.0248. The van der Waals surface area contributed by atoms with Crippen LogP contribution in [-0.2, 0) is 0 Å². The number of carbonyl (C=O) groups is 1. The fraction of sp³-hybridized carbons (Fsp3) is 0.250. The lowest BCUT2D eigenvalue weighted by atomic mass is 10.2. The van der Waals surface area contributed by atoms with Gasteiger partial charge in [0.05, 0.1) is 11.9 Å². The minimum Gasteiger partial charge on any atom is -0.477 e. The second kappa shape index (κ2) is 4.25. The van der Waals surface area contributed by atoms with Gasteiger partial charge in [0.1, 0.15) is 5.56 Å². The Hall–Kier alpha value is -1.99. The molecule has 0 aliphatic rings. The fourth-order valence-electron chi connectivity index (χ4n) is 0.887. The van der Waals surface area contributed by atoms with E-state index < -0.39 is 30.2 Å². The number of rotatable bonds is 3. The molecule has 0 aromatic carbocycles. The molecule has 0 bridgehead atoms. The number of hydrogen-bond acceptors (Lipinski definition) is 4. The SMILES string of the molecule is Nc1cnc(OCC(F)(F)F)c(C(=O)O)c1. The molecule has 8 heteroatoms. The van der Waals surface area contributed by atoms with E-state index in [0.717, 1.165) is 12.3 Å². The van der Waals surface area contributed by atoms with Crippen LogP contribution in [0.3, 0.4) is 0 Å². The third kappa shape index (κ3) is 3.30. The molecule has 5 nitrogen and oxygen atoms in total. The maximum absolute atomic E-state index is 11.8. The average molecular weight is 236 g/mol. The van der Waals surface area contributed by atoms with Gasteiger partial charge in [0.25, 0.3) is 0 Å². The van der Waals surface area contributed by atoms with Gasteiger partial charge in [-0.2, -0.15) is 13.2 Å². The highest BCUT2D eigenvalue weighted by Crippen LogP contribution is 2.21. The quantitative estimate of drug-likeness (QED) is 0.826. The molecule has 0 aliphatic carbocycles. The van der Waals surface area contributed by atoms with Crippen molar-refractivity contribution < 1.29 is 27.8 Å². The van der Waals surface area contributed by atoms with E-state index in [2.05, 4.69) is 9.72 Å². The van der Waals surface area contributed by atoms with Crippen molar-refractivity contribution in [3.8, 4) is 5.88 Å². The largest absolute Gasteiger partial charge is 0.477 e. The molecule has 0 saturated heterocycles. The third-order valence-electron chi connectivity index (χ3n) is 1.48. The van der Waals surface area contributed by atoms with Gasteiger partial charge in [-0.1, -0.05) is 0 Å². The molecule has 1 aromatic heterocycles. The lowest BCUT2D eigenvalue weighted by Gasteiger charge is -2.10. The molecule has 0 unspecified atom stereocenters. The maximum atomic E-state index is 11.8. The summed E-state index contributed by atoms with van der Waals surface area (Å²) in [5.41, 5.74) is 4.76. The summed E-state index contributed by atoms with van der Waals surface area (Å²) in [4.78, 5) is 14.0. The van der Waals surface area contributed by atoms with Gasteiger partial charge in [0.15, 0.2) is 6.61 Å². The number of hydrogen-bond donors (Lipinski definition) is 2. The van der Waals surface area contributed by atoms with Gasteiger partial charge in [-0.3, -0.25) is 0 Å². The zero-order chi connectivity index (χ0) is 12.3. The number of carboxylic acid groups (broad SMARTS) is 1. The number of nitrogens with two attached hydrogens (primary N) is 1. The summed E-state index contributed by atoms with van der Waals surface area (Å²) in [5, 5.41) is 8.66. The number of aromatic carboxylic acids is 1. The van der Waals surface area contributed by atoms with Crippen LogP contribution in [0, 0.1) is 0 Å². The van der Waals surface area contributed by atoms with Crippen molar-refractivity contribution in [2.75, 3.05) is 12.3 Å². The molecule has 1 rings (SSSR count). The number of pyridine rings is 1. The molecule has 16 heavy (non-hydrogen) atoms. The van der Waals surface area contributed by atoms with Crippen LogP contribution in [0.2, 0.25) is 0 Å². The number of alkyl halides is 3. The van der Waals surface area contributed by atoms with Crippen molar-refractivity contribution in [1.29, 1.82) is 0 Å². The smallest absolute Gasteiger partial charge is 0.422 e. The number of ether oxygens (including phenoxy) is 1. The van der Waals surface area contributed by atoms with Gasteiger partial charge < -0.3 is 15.6 Å². The zero-order valence-electron chi connectivity index (χ0n) is 7.78. The van der Waals surface area contributed by atoms with E-state index in [1.165, 1.54) is 0 Å². The summed E-state index contributed by atoms with van der Waals surface area (Å²) in [6.07, 6.45) is -3.54. The number of nitrogens with zero attached hydrogens (tertiary/aromatic N) is 1. The molecular formula is C8H7F3N2O3. The minimum atomic E-state index is -4.56. The first-order chi connectivity index (χ1) is 7.29. The summed E-state index contributed by atoms with van der Waals surface area (Å²) >= 11 is 0. The van der Waals surface area contributed by atoms with E-state index in [0.29, 0.717) is 0 Å². The Balaban J connectivity index is 2.91. The van der Waals surface area contributed by atoms with Gasteiger partial charge in [-0.15, -0.1) is 0 Å². The van der Waals surface area contributed by atoms with Crippen molar-refractivity contribution in [3.63, 3.8) is 0 Å². The third-order valence-corrected chi connectivity index (χ3v) is 1.48. The van der Waals surface area contributed by atoms with Crippen LogP contribution in [0.5, 0.6) is 5.88 Å². The van der Waals surface area contributed by atoms with E-state index in [1.807, 2.05) is 0 Å². The summed E-state index contributed by atoms with van der Waals surface area (Å²) in [7, 11) is 0. The van der Waals surface area contributed by atoms with Crippen molar-refractivity contribution in [2.45, 2.75) is 6.18 Å². The monoisotopic (exact) mass is 236 g/mol. The van der Waals surface area contributed by atoms with Gasteiger partial charge in [0, 0.05) is 0 Å². The fourth-order valence-corrected chi connectivity index (χ4v) is 0.887. The Bertz CT molecular complexity index is 406. The van der Waals surface area contributed by atoms with Crippen LogP contribution in [0.1, 0.15) is 10.4 Å². The van der Waals surface area contributed by atoms with Crippen LogP contribution in [0.25, 0.3) is 0 Å². The zero-order valence-corrected chi connectivity index (χ0v) is 7.78. The Morgan fingerprint density at radius 2 is 2.19 bits per heavy atom. The molecule has 0 spiro atoms. The predicted octanol–water partition coefficient (Wildman–Crippen LogP) is 1.30. The predicted molar refractivity (Wildman–Crippen MR) is 47.2 cm³/mol. The molecule has 0 aliphatic heterocycles. The first kappa shape index (κ1) is 12.1. The molecule has 0 atom stereocenters. The molecule has 1 heterocycles. The van der Waals surface area contributed by atoms with E-state index in [-0.39, 0.29) is 5.69 Å². The van der Waals surface area contributed by atoms with Gasteiger partial charge in [-0.05, 0) is 6.07 Å². The van der Waals surface area contributed by atoms with E-state index in [9.17, 15) is 18.0 Å². The van der Waals surface area contributed by atoms with E-state index in [1.54, 1.807) is 0 Å². The second-order valence-corrected chi connectivity index (χ2v) is 2.83. The number of nitrogen functional groups attached to an aromatic ring is 1. The molecule has 88 valence electrons. The first-order valence-corrected chi connectivity index (χ1v) is 3.98. The van der Waals surface area contributed by atoms with E-state index in [4.69, 9.17) is 10.8 Å². The Morgan fingerprint density at radius 3 is 2.69 bits per heavy atom. The van der Waals surface area contributed by atoms with Crippen LogP contribution in [0.4, 0.5) is 18.9 Å². The normalized spacial score (nSPS) is 11.2. The summed E-state index contributed by atoms with van der Waals surface area (Å²) < 4.78 is 39.7. The van der Waals surface area contributed by atoms with Gasteiger partial charge >= 0.3 is 12.1 Å². The van der Waals surface area contributed by atoms with Crippen LogP contribution in [0.15, 0.2) is 12.3 Å². The standard InChI is InChI=1S/C8H7F3N2O3/c9-8(10,11)3-16-6-5(7(14)15)1-4(12)2-13-6/h1-2H,3,12H2,(H,14,15). The Morgan fingerprint density at radius 1 is 1.56 bits per heavy atom. The number of anilines is 1. The average Bonchev–Trinajstić information content (AvgIpc) is 2.14. The van der Waals surface area contributed by atoms with Crippen molar-refractivity contribution in [2.24, 2.45) is 0 Å². The highest BCUT2D eigenvalue weighted by molar-refractivity contribution is 5.91. The highest BCUT2D eigenvalue weighted by atomic mass is 19.4. The van der Waals surface area contributed by atoms with Gasteiger partial charge in [0.2, 0.25) is 5.88 Å². The molecule has 1 aromatic rings. The topological polar surface area (TPSA) is 85.4 Å². The summed E-state index contributed by atoms with van der Waals surface area (Å²) in [6, 6.07) is 0.973. The summed E-state index contributed by atoms with van der Waals surface area (Å²) in [6.45, 7) is -1.61. The lowest BCUT2D eigenvalue weighted by Crippen LogP contribution is -2.20. The number of carboxylic acids is 1. The molecule has 3 N–H and O–H groups in total. The number of halogens is 3. The Labute approximate surface area is 87.7 Å². The lowest BCUT2D eigenvalue weighted by molar-refractivity contribution is -0.154. The maximum Gasteiger partial charge on any atom is 0.422 e. The second-order valence-electron chi connectivity index (χ2n) is 2.83. The van der Waals surface area contributed by atoms with Crippen LogP contribution >= 0.6 is 0 Å². The Kier molecular flexibility index (Phi) is 3.21. The molecule has 0 fully saturated rings.